The highest BCUT2D eigenvalue weighted by atomic mass is 35.5. The van der Waals surface area contributed by atoms with Crippen molar-refractivity contribution in [1.29, 1.82) is 0 Å². The summed E-state index contributed by atoms with van der Waals surface area (Å²) in [5.41, 5.74) is 9.36. The third-order valence-corrected chi connectivity index (χ3v) is 7.55. The molecule has 0 radical (unpaired) electrons. The molecule has 1 aliphatic carbocycles. The molecule has 1 unspecified atom stereocenters. The molecule has 6 rings (SSSR count). The van der Waals surface area contributed by atoms with Crippen molar-refractivity contribution in [3.05, 3.63) is 142 Å². The molecule has 2 nitrogen and oxygen atoms in total. The van der Waals surface area contributed by atoms with Crippen LogP contribution in [0.15, 0.2) is 109 Å². The van der Waals surface area contributed by atoms with Crippen molar-refractivity contribution in [2.24, 2.45) is 0 Å². The van der Waals surface area contributed by atoms with Gasteiger partial charge in [0, 0.05) is 12.8 Å². The Morgan fingerprint density at radius 3 is 1.84 bits per heavy atom. The predicted octanol–water partition coefficient (Wildman–Crippen LogP) is 3.61. The summed E-state index contributed by atoms with van der Waals surface area (Å²) in [6.07, 6.45) is 6.54. The Morgan fingerprint density at radius 1 is 0.684 bits per heavy atom. The Hall–Kier alpha value is -3.66. The summed E-state index contributed by atoms with van der Waals surface area (Å²) in [4.78, 5) is 1.54. The Kier molecular flexibility index (Phi) is 8.07. The standard InChI is InChI=1S/C34H30FNO.ClH/c35-29-16-18-30(19-17-29)37-33(27-10-2-1-3-11-27)24-36-22-20-28(21-23-36)34-31-12-6-4-8-25(31)14-15-26-9-5-7-13-32(26)34;/h1-19,33H,20-24H2;1H. The molecule has 1 heterocycles. The number of ether oxygens (including phenoxy) is 1. The summed E-state index contributed by atoms with van der Waals surface area (Å²) in [6, 6.07) is 34.3. The van der Waals surface area contributed by atoms with E-state index in [1.165, 1.54) is 44.9 Å². The normalized spacial score (nSPS) is 17.0. The molecule has 2 aliphatic rings. The average Bonchev–Trinajstić information content (AvgIpc) is 3.12. The molecule has 1 atom stereocenters. The van der Waals surface area contributed by atoms with Gasteiger partial charge in [0.1, 0.15) is 18.1 Å². The van der Waals surface area contributed by atoms with Crippen LogP contribution < -0.4 is 22.0 Å². The monoisotopic (exact) mass is 523 g/mol. The Bertz CT molecular complexity index is 1380. The number of rotatable bonds is 5. The number of hydrogen-bond acceptors (Lipinski definition) is 1. The number of piperidine rings is 1. The van der Waals surface area contributed by atoms with Gasteiger partial charge in [0.2, 0.25) is 0 Å². The van der Waals surface area contributed by atoms with E-state index in [0.717, 1.165) is 38.0 Å². The molecule has 0 saturated carbocycles. The van der Waals surface area contributed by atoms with Gasteiger partial charge in [-0.2, -0.15) is 0 Å². The molecule has 4 heteroatoms. The van der Waals surface area contributed by atoms with E-state index in [4.69, 9.17) is 4.74 Å². The van der Waals surface area contributed by atoms with Crippen LogP contribution in [-0.2, 0) is 0 Å². The average molecular weight is 524 g/mol. The third-order valence-electron chi connectivity index (χ3n) is 7.55. The van der Waals surface area contributed by atoms with Crippen LogP contribution in [0.3, 0.4) is 0 Å². The highest BCUT2D eigenvalue weighted by Crippen LogP contribution is 2.37. The maximum Gasteiger partial charge on any atom is 0.172 e. The SMILES string of the molecule is Fc1ccc(OC(C[NH+]2CCC(=C3c4ccccc4C=Cc4ccccc43)CC2)c2ccccc2)cc1.[Cl-]. The number of benzene rings is 4. The molecule has 38 heavy (non-hydrogen) atoms. The Morgan fingerprint density at radius 2 is 1.24 bits per heavy atom. The van der Waals surface area contributed by atoms with Gasteiger partial charge in [0.05, 0.1) is 13.1 Å². The lowest BCUT2D eigenvalue weighted by Crippen LogP contribution is -3.13. The molecule has 0 amide bonds. The summed E-state index contributed by atoms with van der Waals surface area (Å²) in [6.45, 7) is 3.00. The second kappa shape index (κ2) is 11.8. The lowest BCUT2D eigenvalue weighted by molar-refractivity contribution is -0.906. The van der Waals surface area contributed by atoms with Crippen molar-refractivity contribution in [1.82, 2.24) is 0 Å². The number of halogens is 2. The quantitative estimate of drug-likeness (QED) is 0.371. The van der Waals surface area contributed by atoms with Crippen molar-refractivity contribution in [2.75, 3.05) is 19.6 Å². The fourth-order valence-corrected chi connectivity index (χ4v) is 5.64. The molecule has 4 aromatic carbocycles. The van der Waals surface area contributed by atoms with Crippen molar-refractivity contribution in [2.45, 2.75) is 18.9 Å². The van der Waals surface area contributed by atoms with Crippen molar-refractivity contribution < 1.29 is 26.4 Å². The molecule has 0 bridgehead atoms. The highest BCUT2D eigenvalue weighted by molar-refractivity contribution is 5.94. The van der Waals surface area contributed by atoms with E-state index in [1.54, 1.807) is 17.7 Å². The second-order valence-corrected chi connectivity index (χ2v) is 9.91. The Balaban J connectivity index is 0.00000294. The van der Waals surface area contributed by atoms with Gasteiger partial charge in [-0.25, -0.2) is 4.39 Å². The van der Waals surface area contributed by atoms with E-state index in [0.29, 0.717) is 5.75 Å². The van der Waals surface area contributed by atoms with Crippen LogP contribution in [0.2, 0.25) is 0 Å². The molecule has 0 aromatic heterocycles. The first-order valence-electron chi connectivity index (χ1n) is 13.1. The number of likely N-dealkylation sites (tertiary alicyclic amines) is 1. The minimum atomic E-state index is -0.248. The van der Waals surface area contributed by atoms with E-state index in [9.17, 15) is 4.39 Å². The summed E-state index contributed by atoms with van der Waals surface area (Å²) in [7, 11) is 0. The first kappa shape index (κ1) is 26.0. The van der Waals surface area contributed by atoms with Crippen LogP contribution in [0, 0.1) is 5.82 Å². The van der Waals surface area contributed by atoms with E-state index in [-0.39, 0.29) is 24.3 Å². The van der Waals surface area contributed by atoms with Crippen molar-refractivity contribution in [3.8, 4) is 5.75 Å². The van der Waals surface area contributed by atoms with Gasteiger partial charge >= 0.3 is 0 Å². The van der Waals surface area contributed by atoms with Gasteiger partial charge in [-0.15, -0.1) is 0 Å². The fraction of sp³-hybridized carbons (Fsp3) is 0.176. The van der Waals surface area contributed by atoms with Gasteiger partial charge in [0.25, 0.3) is 0 Å². The number of hydrogen-bond donors (Lipinski definition) is 1. The first-order chi connectivity index (χ1) is 18.2. The smallest absolute Gasteiger partial charge is 0.172 e. The molecular formula is C34H31ClFNO. The minimum absolute atomic E-state index is 0. The zero-order valence-electron chi connectivity index (χ0n) is 21.2. The predicted molar refractivity (Wildman–Crippen MR) is 149 cm³/mol. The maximum atomic E-state index is 13.5. The maximum absolute atomic E-state index is 13.5. The van der Waals surface area contributed by atoms with Gasteiger partial charge < -0.3 is 22.0 Å². The second-order valence-electron chi connectivity index (χ2n) is 9.91. The van der Waals surface area contributed by atoms with Crippen LogP contribution in [-0.4, -0.2) is 19.6 Å². The lowest BCUT2D eigenvalue weighted by atomic mass is 9.86. The molecule has 192 valence electrons. The van der Waals surface area contributed by atoms with Crippen LogP contribution in [0.1, 0.15) is 46.8 Å². The fourth-order valence-electron chi connectivity index (χ4n) is 5.64. The van der Waals surface area contributed by atoms with Gasteiger partial charge in [0.15, 0.2) is 6.10 Å². The Labute approximate surface area is 230 Å². The number of fused-ring (bicyclic) bond motifs is 2. The molecule has 1 N–H and O–H groups in total. The molecular weight excluding hydrogens is 493 g/mol. The molecule has 1 saturated heterocycles. The summed E-state index contributed by atoms with van der Waals surface area (Å²) >= 11 is 0. The van der Waals surface area contributed by atoms with Crippen molar-refractivity contribution >= 4 is 17.7 Å². The minimum Gasteiger partial charge on any atom is -1.00 e. The zero-order chi connectivity index (χ0) is 25.0. The third kappa shape index (κ3) is 5.60. The van der Waals surface area contributed by atoms with Crippen LogP contribution in [0.4, 0.5) is 4.39 Å². The topological polar surface area (TPSA) is 13.7 Å². The van der Waals surface area contributed by atoms with E-state index in [2.05, 4.69) is 84.9 Å². The molecule has 1 fully saturated rings. The van der Waals surface area contributed by atoms with Crippen LogP contribution in [0.25, 0.3) is 17.7 Å². The summed E-state index contributed by atoms with van der Waals surface area (Å²) < 4.78 is 19.9. The van der Waals surface area contributed by atoms with E-state index < -0.39 is 0 Å². The van der Waals surface area contributed by atoms with E-state index >= 15 is 0 Å². The summed E-state index contributed by atoms with van der Waals surface area (Å²) in [5.74, 6) is 0.455. The largest absolute Gasteiger partial charge is 1.00 e. The van der Waals surface area contributed by atoms with Gasteiger partial charge in [-0.05, 0) is 57.7 Å². The molecule has 0 spiro atoms. The van der Waals surface area contributed by atoms with E-state index in [1.807, 2.05) is 6.07 Å². The van der Waals surface area contributed by atoms with Crippen LogP contribution >= 0.6 is 0 Å². The van der Waals surface area contributed by atoms with Gasteiger partial charge in [-0.3, -0.25) is 0 Å². The lowest BCUT2D eigenvalue weighted by Gasteiger charge is -2.31. The molecule has 4 aromatic rings. The van der Waals surface area contributed by atoms with Crippen molar-refractivity contribution in [3.63, 3.8) is 0 Å². The number of quaternary nitrogens is 1. The first-order valence-corrected chi connectivity index (χ1v) is 13.1. The number of nitrogens with one attached hydrogen (secondary N) is 1. The summed E-state index contributed by atoms with van der Waals surface area (Å²) in [5, 5.41) is 0. The molecule has 1 aliphatic heterocycles. The highest BCUT2D eigenvalue weighted by Gasteiger charge is 2.27. The van der Waals surface area contributed by atoms with Crippen LogP contribution in [0.5, 0.6) is 5.75 Å². The van der Waals surface area contributed by atoms with Gasteiger partial charge in [-0.1, -0.05) is 96.6 Å². The zero-order valence-corrected chi connectivity index (χ0v) is 22.0.